The first-order chi connectivity index (χ1) is 8.94. The van der Waals surface area contributed by atoms with Crippen LogP contribution in [0.25, 0.3) is 0 Å². The number of likely N-dealkylation sites (tertiary alicyclic amines) is 1. The predicted molar refractivity (Wildman–Crippen MR) is 76.1 cm³/mol. The zero-order valence-corrected chi connectivity index (χ0v) is 12.6. The Morgan fingerprint density at radius 3 is 2.47 bits per heavy atom. The minimum atomic E-state index is -0.406. The highest BCUT2D eigenvalue weighted by Crippen LogP contribution is 2.37. The molecule has 1 saturated heterocycles. The van der Waals surface area contributed by atoms with Crippen LogP contribution in [0.3, 0.4) is 0 Å². The normalized spacial score (nSPS) is 27.3. The second kappa shape index (κ2) is 6.12. The number of alkyl carbamates (subject to hydrolysis) is 1. The largest absolute Gasteiger partial charge is 0.444 e. The Kier molecular flexibility index (Phi) is 4.71. The number of nitrogens with one attached hydrogen (secondary N) is 1. The van der Waals surface area contributed by atoms with Gasteiger partial charge in [-0.05, 0) is 58.4 Å². The number of rotatable bonds is 4. The Balaban J connectivity index is 1.54. The van der Waals surface area contributed by atoms with Gasteiger partial charge in [0, 0.05) is 19.6 Å². The van der Waals surface area contributed by atoms with Crippen LogP contribution in [-0.2, 0) is 4.74 Å². The van der Waals surface area contributed by atoms with Crippen LogP contribution in [0.15, 0.2) is 0 Å². The van der Waals surface area contributed by atoms with Crippen molar-refractivity contribution >= 4 is 6.09 Å². The molecule has 0 radical (unpaired) electrons. The lowest BCUT2D eigenvalue weighted by Gasteiger charge is -2.20. The second-order valence-corrected chi connectivity index (χ2v) is 6.99. The summed E-state index contributed by atoms with van der Waals surface area (Å²) in [5.74, 6) is 1.91. The van der Waals surface area contributed by atoms with Crippen LogP contribution in [0.5, 0.6) is 0 Å². The Labute approximate surface area is 116 Å². The average Bonchev–Trinajstić information content (AvgIpc) is 2.81. The van der Waals surface area contributed by atoms with Gasteiger partial charge in [-0.1, -0.05) is 6.42 Å². The molecule has 19 heavy (non-hydrogen) atoms. The summed E-state index contributed by atoms with van der Waals surface area (Å²) in [6, 6.07) is 0. The fourth-order valence-corrected chi connectivity index (χ4v) is 3.32. The number of nitrogens with zero attached hydrogens (tertiary/aromatic N) is 1. The molecule has 0 spiro atoms. The third-order valence-corrected chi connectivity index (χ3v) is 4.12. The summed E-state index contributed by atoms with van der Waals surface area (Å²) < 4.78 is 5.21. The number of amides is 1. The molecule has 0 aromatic heterocycles. The number of hydrogen-bond acceptors (Lipinski definition) is 3. The van der Waals surface area contributed by atoms with E-state index in [1.807, 2.05) is 20.8 Å². The first kappa shape index (κ1) is 14.6. The Morgan fingerprint density at radius 1 is 1.26 bits per heavy atom. The third kappa shape index (κ3) is 4.68. The molecule has 1 N–H and O–H groups in total. The molecule has 1 aliphatic heterocycles. The van der Waals surface area contributed by atoms with E-state index in [2.05, 4.69) is 10.2 Å². The molecule has 2 rings (SSSR count). The fourth-order valence-electron chi connectivity index (χ4n) is 3.32. The molecule has 1 aliphatic carbocycles. The lowest BCUT2D eigenvalue weighted by Crippen LogP contribution is -2.34. The number of carbonyl (C=O) groups excluding carboxylic acids is 1. The summed E-state index contributed by atoms with van der Waals surface area (Å²) in [6.45, 7) is 10.0. The summed E-state index contributed by atoms with van der Waals surface area (Å²) >= 11 is 0. The van der Waals surface area contributed by atoms with Crippen LogP contribution < -0.4 is 5.32 Å². The van der Waals surface area contributed by atoms with Crippen molar-refractivity contribution in [3.63, 3.8) is 0 Å². The number of fused-ring (bicyclic) bond motifs is 1. The van der Waals surface area contributed by atoms with Crippen LogP contribution >= 0.6 is 0 Å². The minimum Gasteiger partial charge on any atom is -0.444 e. The molecule has 0 aromatic rings. The minimum absolute atomic E-state index is 0.300. The third-order valence-electron chi connectivity index (χ3n) is 4.12. The molecule has 1 heterocycles. The standard InChI is InChI=1S/C15H28N2O2/c1-15(2,3)19-14(18)16-8-5-9-17-10-12-6-4-7-13(12)11-17/h12-13H,4-11H2,1-3H3,(H,16,18)/t12-,13+. The van der Waals surface area contributed by atoms with E-state index in [0.717, 1.165) is 24.8 Å². The fraction of sp³-hybridized carbons (Fsp3) is 0.933. The van der Waals surface area contributed by atoms with Gasteiger partial charge in [0.15, 0.2) is 0 Å². The molecule has 110 valence electrons. The van der Waals surface area contributed by atoms with E-state index in [-0.39, 0.29) is 6.09 Å². The van der Waals surface area contributed by atoms with E-state index in [9.17, 15) is 4.79 Å². The molecule has 2 aliphatic rings. The summed E-state index contributed by atoms with van der Waals surface area (Å²) in [7, 11) is 0. The van der Waals surface area contributed by atoms with Crippen LogP contribution in [0.1, 0.15) is 46.5 Å². The number of carbonyl (C=O) groups is 1. The summed E-state index contributed by atoms with van der Waals surface area (Å²) in [5.41, 5.74) is -0.406. The van der Waals surface area contributed by atoms with Gasteiger partial charge in [0.2, 0.25) is 0 Å². The van der Waals surface area contributed by atoms with E-state index in [1.165, 1.54) is 32.4 Å². The van der Waals surface area contributed by atoms with Gasteiger partial charge in [-0.15, -0.1) is 0 Å². The topological polar surface area (TPSA) is 41.6 Å². The Morgan fingerprint density at radius 2 is 1.89 bits per heavy atom. The lowest BCUT2D eigenvalue weighted by atomic mass is 10.0. The highest BCUT2D eigenvalue weighted by Gasteiger charge is 2.35. The van der Waals surface area contributed by atoms with Crippen LogP contribution in [0, 0.1) is 11.8 Å². The van der Waals surface area contributed by atoms with Gasteiger partial charge in [-0.3, -0.25) is 0 Å². The van der Waals surface area contributed by atoms with Gasteiger partial charge in [-0.2, -0.15) is 0 Å². The maximum atomic E-state index is 11.5. The van der Waals surface area contributed by atoms with Crippen molar-refractivity contribution in [1.29, 1.82) is 0 Å². The van der Waals surface area contributed by atoms with Gasteiger partial charge in [0.1, 0.15) is 5.60 Å². The molecule has 0 aromatic carbocycles. The van der Waals surface area contributed by atoms with E-state index >= 15 is 0 Å². The van der Waals surface area contributed by atoms with Gasteiger partial charge in [0.05, 0.1) is 0 Å². The molecular formula is C15H28N2O2. The molecule has 4 heteroatoms. The van der Waals surface area contributed by atoms with Crippen LogP contribution in [-0.4, -0.2) is 42.8 Å². The molecule has 2 atom stereocenters. The van der Waals surface area contributed by atoms with Crippen molar-refractivity contribution in [2.24, 2.45) is 11.8 Å². The SMILES string of the molecule is CC(C)(C)OC(=O)NCCCN1C[C@H]2CCC[C@H]2C1. The Bertz CT molecular complexity index is 300. The number of hydrogen-bond donors (Lipinski definition) is 1. The molecule has 4 nitrogen and oxygen atoms in total. The maximum Gasteiger partial charge on any atom is 0.407 e. The van der Waals surface area contributed by atoms with Crippen molar-refractivity contribution < 1.29 is 9.53 Å². The van der Waals surface area contributed by atoms with Crippen LogP contribution in [0.2, 0.25) is 0 Å². The summed E-state index contributed by atoms with van der Waals surface area (Å²) in [6.07, 6.45) is 5.00. The monoisotopic (exact) mass is 268 g/mol. The molecular weight excluding hydrogens is 240 g/mol. The number of ether oxygens (including phenoxy) is 1. The molecule has 1 amide bonds. The van der Waals surface area contributed by atoms with Crippen molar-refractivity contribution in [2.45, 2.75) is 52.1 Å². The van der Waals surface area contributed by atoms with Crippen LogP contribution in [0.4, 0.5) is 4.79 Å². The van der Waals surface area contributed by atoms with Gasteiger partial charge in [-0.25, -0.2) is 4.79 Å². The first-order valence-electron chi connectivity index (χ1n) is 7.63. The van der Waals surface area contributed by atoms with Gasteiger partial charge >= 0.3 is 6.09 Å². The molecule has 2 fully saturated rings. The van der Waals surface area contributed by atoms with E-state index < -0.39 is 5.60 Å². The molecule has 1 saturated carbocycles. The van der Waals surface area contributed by atoms with Gasteiger partial charge < -0.3 is 15.0 Å². The zero-order valence-electron chi connectivity index (χ0n) is 12.6. The second-order valence-electron chi connectivity index (χ2n) is 6.99. The predicted octanol–water partition coefficient (Wildman–Crippen LogP) is 2.63. The highest BCUT2D eigenvalue weighted by atomic mass is 16.6. The van der Waals surface area contributed by atoms with Crippen molar-refractivity contribution in [3.8, 4) is 0 Å². The van der Waals surface area contributed by atoms with Gasteiger partial charge in [0.25, 0.3) is 0 Å². The lowest BCUT2D eigenvalue weighted by molar-refractivity contribution is 0.0526. The summed E-state index contributed by atoms with van der Waals surface area (Å²) in [5, 5.41) is 2.83. The van der Waals surface area contributed by atoms with E-state index in [1.54, 1.807) is 0 Å². The van der Waals surface area contributed by atoms with Crippen molar-refractivity contribution in [3.05, 3.63) is 0 Å². The van der Waals surface area contributed by atoms with Crippen molar-refractivity contribution in [1.82, 2.24) is 10.2 Å². The average molecular weight is 268 g/mol. The smallest absolute Gasteiger partial charge is 0.407 e. The quantitative estimate of drug-likeness (QED) is 0.797. The van der Waals surface area contributed by atoms with Crippen molar-refractivity contribution in [2.75, 3.05) is 26.2 Å². The molecule has 0 unspecified atom stereocenters. The van der Waals surface area contributed by atoms with E-state index in [4.69, 9.17) is 4.74 Å². The first-order valence-corrected chi connectivity index (χ1v) is 7.63. The molecule has 0 bridgehead atoms. The zero-order chi connectivity index (χ0) is 13.9. The highest BCUT2D eigenvalue weighted by molar-refractivity contribution is 5.67. The summed E-state index contributed by atoms with van der Waals surface area (Å²) in [4.78, 5) is 14.0. The van der Waals surface area contributed by atoms with E-state index in [0.29, 0.717) is 6.54 Å². The Hall–Kier alpha value is -0.770. The maximum absolute atomic E-state index is 11.5.